The zero-order valence-corrected chi connectivity index (χ0v) is 16.7. The highest BCUT2D eigenvalue weighted by atomic mass is 32.1. The molecule has 0 bridgehead atoms. The summed E-state index contributed by atoms with van der Waals surface area (Å²) in [5, 5.41) is 8.55. The van der Waals surface area contributed by atoms with Gasteiger partial charge in [-0.1, -0.05) is 26.0 Å². The van der Waals surface area contributed by atoms with E-state index in [0.717, 1.165) is 17.1 Å². The number of carbonyl (C=O) groups is 1. The highest BCUT2D eigenvalue weighted by Gasteiger charge is 2.10. The van der Waals surface area contributed by atoms with Crippen LogP contribution in [0.5, 0.6) is 0 Å². The standard InChI is InChI=1S/C20H23N5OS/c1-12(2)15-5-7-16(8-6-15)23-18(26)10-17-11-27-20(24-17)25-19-21-13(3)9-14(4)22-19/h5-9,11-12H,10H2,1-4H3,(H,23,26)(H,21,22,24,25). The number of anilines is 3. The molecule has 7 heteroatoms. The van der Waals surface area contributed by atoms with Crippen molar-refractivity contribution in [2.75, 3.05) is 10.6 Å². The van der Waals surface area contributed by atoms with Crippen molar-refractivity contribution in [2.24, 2.45) is 0 Å². The Hall–Kier alpha value is -2.80. The van der Waals surface area contributed by atoms with Crippen molar-refractivity contribution >= 4 is 34.0 Å². The van der Waals surface area contributed by atoms with Crippen LogP contribution in [-0.2, 0) is 11.2 Å². The van der Waals surface area contributed by atoms with Crippen molar-refractivity contribution < 1.29 is 4.79 Å². The number of benzene rings is 1. The average Bonchev–Trinajstić information content (AvgIpc) is 3.01. The Morgan fingerprint density at radius 2 is 1.74 bits per heavy atom. The molecule has 0 spiro atoms. The van der Waals surface area contributed by atoms with Crippen LogP contribution >= 0.6 is 11.3 Å². The third kappa shape index (κ3) is 5.34. The molecule has 0 saturated heterocycles. The van der Waals surface area contributed by atoms with Gasteiger partial charge < -0.3 is 10.6 Å². The Labute approximate surface area is 163 Å². The van der Waals surface area contributed by atoms with E-state index < -0.39 is 0 Å². The van der Waals surface area contributed by atoms with Crippen LogP contribution in [0.3, 0.4) is 0 Å². The van der Waals surface area contributed by atoms with Crippen molar-refractivity contribution in [1.82, 2.24) is 15.0 Å². The number of rotatable bonds is 6. The Bertz CT molecular complexity index is 914. The van der Waals surface area contributed by atoms with Crippen LogP contribution in [-0.4, -0.2) is 20.9 Å². The van der Waals surface area contributed by atoms with Crippen molar-refractivity contribution in [3.05, 3.63) is 58.4 Å². The summed E-state index contributed by atoms with van der Waals surface area (Å²) in [7, 11) is 0. The molecular weight excluding hydrogens is 358 g/mol. The smallest absolute Gasteiger partial charge is 0.230 e. The molecule has 27 heavy (non-hydrogen) atoms. The molecule has 0 atom stereocenters. The quantitative estimate of drug-likeness (QED) is 0.652. The molecule has 1 amide bonds. The molecule has 0 aliphatic rings. The first-order valence-corrected chi connectivity index (χ1v) is 9.70. The fourth-order valence-electron chi connectivity index (χ4n) is 2.64. The highest BCUT2D eigenvalue weighted by Crippen LogP contribution is 2.20. The number of aryl methyl sites for hydroxylation is 2. The van der Waals surface area contributed by atoms with Crippen molar-refractivity contribution in [1.29, 1.82) is 0 Å². The molecule has 1 aromatic carbocycles. The Kier molecular flexibility index (Phi) is 5.81. The maximum Gasteiger partial charge on any atom is 0.230 e. The number of hydrogen-bond acceptors (Lipinski definition) is 6. The van der Waals surface area contributed by atoms with Crippen molar-refractivity contribution in [3.63, 3.8) is 0 Å². The van der Waals surface area contributed by atoms with Gasteiger partial charge in [0.25, 0.3) is 0 Å². The third-order valence-electron chi connectivity index (χ3n) is 3.96. The summed E-state index contributed by atoms with van der Waals surface area (Å²) in [6.07, 6.45) is 0.220. The molecular formula is C20H23N5OS. The summed E-state index contributed by atoms with van der Waals surface area (Å²) in [4.78, 5) is 25.4. The number of thiazole rings is 1. The molecule has 3 aromatic rings. The molecule has 0 radical (unpaired) electrons. The van der Waals surface area contributed by atoms with Gasteiger partial charge in [-0.3, -0.25) is 4.79 Å². The normalized spacial score (nSPS) is 10.9. The van der Waals surface area contributed by atoms with E-state index in [2.05, 4.69) is 39.4 Å². The van der Waals surface area contributed by atoms with E-state index in [1.165, 1.54) is 16.9 Å². The summed E-state index contributed by atoms with van der Waals surface area (Å²) in [6.45, 7) is 8.13. The van der Waals surface area contributed by atoms with Gasteiger partial charge in [-0.25, -0.2) is 15.0 Å². The van der Waals surface area contributed by atoms with E-state index in [0.29, 0.717) is 22.7 Å². The lowest BCUT2D eigenvalue weighted by atomic mass is 10.0. The monoisotopic (exact) mass is 381 g/mol. The summed E-state index contributed by atoms with van der Waals surface area (Å²) < 4.78 is 0. The highest BCUT2D eigenvalue weighted by molar-refractivity contribution is 7.13. The van der Waals surface area contributed by atoms with Gasteiger partial charge in [-0.2, -0.15) is 0 Å². The van der Waals surface area contributed by atoms with Gasteiger partial charge in [0.05, 0.1) is 12.1 Å². The van der Waals surface area contributed by atoms with E-state index >= 15 is 0 Å². The average molecular weight is 382 g/mol. The number of amides is 1. The van der Waals surface area contributed by atoms with Gasteiger partial charge in [0.1, 0.15) is 0 Å². The molecule has 0 saturated carbocycles. The number of nitrogens with one attached hydrogen (secondary N) is 2. The molecule has 6 nitrogen and oxygen atoms in total. The number of carbonyl (C=O) groups excluding carboxylic acids is 1. The topological polar surface area (TPSA) is 79.8 Å². The molecule has 0 aliphatic carbocycles. The van der Waals surface area contributed by atoms with Crippen LogP contribution in [0.2, 0.25) is 0 Å². The summed E-state index contributed by atoms with van der Waals surface area (Å²) in [6, 6.07) is 9.85. The summed E-state index contributed by atoms with van der Waals surface area (Å²) >= 11 is 1.43. The fraction of sp³-hybridized carbons (Fsp3) is 0.300. The molecule has 2 aromatic heterocycles. The minimum atomic E-state index is -0.0909. The second-order valence-electron chi connectivity index (χ2n) is 6.74. The van der Waals surface area contributed by atoms with Gasteiger partial charge in [0.2, 0.25) is 11.9 Å². The van der Waals surface area contributed by atoms with Crippen LogP contribution in [0, 0.1) is 13.8 Å². The van der Waals surface area contributed by atoms with Gasteiger partial charge in [0, 0.05) is 22.5 Å². The molecule has 140 valence electrons. The van der Waals surface area contributed by atoms with Crippen LogP contribution in [0.25, 0.3) is 0 Å². The maximum absolute atomic E-state index is 12.3. The molecule has 2 N–H and O–H groups in total. The number of nitrogens with zero attached hydrogens (tertiary/aromatic N) is 3. The van der Waals surface area contributed by atoms with Gasteiger partial charge >= 0.3 is 0 Å². The maximum atomic E-state index is 12.3. The first-order chi connectivity index (χ1) is 12.9. The SMILES string of the molecule is Cc1cc(C)nc(Nc2nc(CC(=O)Nc3ccc(C(C)C)cc3)cs2)n1. The lowest BCUT2D eigenvalue weighted by molar-refractivity contribution is -0.115. The lowest BCUT2D eigenvalue weighted by Crippen LogP contribution is -2.14. The zero-order valence-electron chi connectivity index (χ0n) is 15.9. The number of aromatic nitrogens is 3. The fourth-order valence-corrected chi connectivity index (χ4v) is 3.35. The van der Waals surface area contributed by atoms with Gasteiger partial charge in [-0.15, -0.1) is 11.3 Å². The minimum absolute atomic E-state index is 0.0909. The Balaban J connectivity index is 1.59. The first-order valence-electron chi connectivity index (χ1n) is 8.82. The van der Waals surface area contributed by atoms with Gasteiger partial charge in [-0.05, 0) is 43.5 Å². The molecule has 0 unspecified atom stereocenters. The predicted octanol–water partition coefficient (Wildman–Crippen LogP) is 4.60. The largest absolute Gasteiger partial charge is 0.326 e. The van der Waals surface area contributed by atoms with Crippen LogP contribution in [0.4, 0.5) is 16.8 Å². The minimum Gasteiger partial charge on any atom is -0.326 e. The third-order valence-corrected chi connectivity index (χ3v) is 4.76. The summed E-state index contributed by atoms with van der Waals surface area (Å²) in [5.74, 6) is 0.895. The van der Waals surface area contributed by atoms with Gasteiger partial charge in [0.15, 0.2) is 5.13 Å². The first kappa shape index (κ1) is 19.0. The van der Waals surface area contributed by atoms with Crippen LogP contribution < -0.4 is 10.6 Å². The Morgan fingerprint density at radius 3 is 2.37 bits per heavy atom. The lowest BCUT2D eigenvalue weighted by Gasteiger charge is -2.08. The number of hydrogen-bond donors (Lipinski definition) is 2. The second kappa shape index (κ2) is 8.26. The van der Waals surface area contributed by atoms with Crippen LogP contribution in [0.15, 0.2) is 35.7 Å². The molecule has 0 aliphatic heterocycles. The van der Waals surface area contributed by atoms with E-state index in [-0.39, 0.29) is 12.3 Å². The van der Waals surface area contributed by atoms with Crippen LogP contribution in [0.1, 0.15) is 42.4 Å². The summed E-state index contributed by atoms with van der Waals surface area (Å²) in [5.41, 5.74) is 4.54. The molecule has 3 rings (SSSR count). The van der Waals surface area contributed by atoms with Crippen molar-refractivity contribution in [3.8, 4) is 0 Å². The molecule has 2 heterocycles. The van der Waals surface area contributed by atoms with E-state index in [4.69, 9.17) is 0 Å². The Morgan fingerprint density at radius 1 is 1.07 bits per heavy atom. The zero-order chi connectivity index (χ0) is 19.4. The predicted molar refractivity (Wildman–Crippen MR) is 110 cm³/mol. The second-order valence-corrected chi connectivity index (χ2v) is 7.60. The van der Waals surface area contributed by atoms with Crippen molar-refractivity contribution in [2.45, 2.75) is 40.0 Å². The van der Waals surface area contributed by atoms with E-state index in [9.17, 15) is 4.79 Å². The molecule has 0 fully saturated rings. The van der Waals surface area contributed by atoms with E-state index in [1.807, 2.05) is 49.6 Å². The van der Waals surface area contributed by atoms with E-state index in [1.54, 1.807) is 0 Å².